The molecule has 0 aliphatic carbocycles. The zero-order valence-electron chi connectivity index (χ0n) is 7.56. The van der Waals surface area contributed by atoms with Crippen molar-refractivity contribution in [3.8, 4) is 11.3 Å². The standard InChI is InChI=1S/C11H9NS2/c1-2-11-9(3-4-14-11)5-8(1)10-6-13-7-12-10/h1-2,5-7H,3-4H2. The topological polar surface area (TPSA) is 12.9 Å². The Labute approximate surface area is 91.2 Å². The van der Waals surface area contributed by atoms with E-state index in [1.165, 1.54) is 28.2 Å². The molecule has 2 aromatic rings. The Morgan fingerprint density at radius 3 is 3.14 bits per heavy atom. The molecule has 0 atom stereocenters. The maximum absolute atomic E-state index is 4.32. The molecule has 1 aliphatic heterocycles. The third-order valence-corrected chi connectivity index (χ3v) is 4.12. The van der Waals surface area contributed by atoms with Crippen LogP contribution in [0.5, 0.6) is 0 Å². The molecule has 0 radical (unpaired) electrons. The van der Waals surface area contributed by atoms with Gasteiger partial charge in [0, 0.05) is 21.6 Å². The first-order chi connectivity index (χ1) is 6.93. The lowest BCUT2D eigenvalue weighted by molar-refractivity contribution is 1.15. The van der Waals surface area contributed by atoms with Crippen molar-refractivity contribution in [2.45, 2.75) is 11.3 Å². The monoisotopic (exact) mass is 219 g/mol. The number of aromatic nitrogens is 1. The van der Waals surface area contributed by atoms with Crippen LogP contribution in [0.1, 0.15) is 5.56 Å². The van der Waals surface area contributed by atoms with Crippen molar-refractivity contribution in [3.63, 3.8) is 0 Å². The summed E-state index contributed by atoms with van der Waals surface area (Å²) < 4.78 is 0. The molecule has 0 spiro atoms. The van der Waals surface area contributed by atoms with E-state index in [1.807, 2.05) is 17.3 Å². The number of hydrogen-bond acceptors (Lipinski definition) is 3. The van der Waals surface area contributed by atoms with Crippen LogP contribution >= 0.6 is 23.1 Å². The molecular weight excluding hydrogens is 210 g/mol. The highest BCUT2D eigenvalue weighted by atomic mass is 32.2. The van der Waals surface area contributed by atoms with Gasteiger partial charge in [-0.25, -0.2) is 4.98 Å². The highest BCUT2D eigenvalue weighted by Gasteiger charge is 2.12. The Hall–Kier alpha value is -0.800. The molecule has 0 fully saturated rings. The van der Waals surface area contributed by atoms with Crippen LogP contribution in [-0.4, -0.2) is 10.7 Å². The Balaban J connectivity index is 2.09. The molecule has 3 heteroatoms. The first-order valence-electron chi connectivity index (χ1n) is 4.58. The molecule has 0 bridgehead atoms. The van der Waals surface area contributed by atoms with Crippen molar-refractivity contribution in [2.75, 3.05) is 5.75 Å². The van der Waals surface area contributed by atoms with Crippen LogP contribution in [0.15, 0.2) is 34.0 Å². The fourth-order valence-electron chi connectivity index (χ4n) is 1.70. The minimum atomic E-state index is 1.11. The van der Waals surface area contributed by atoms with Gasteiger partial charge in [-0.05, 0) is 24.1 Å². The highest BCUT2D eigenvalue weighted by Crippen LogP contribution is 2.34. The molecule has 1 aromatic carbocycles. The van der Waals surface area contributed by atoms with Crippen molar-refractivity contribution in [1.29, 1.82) is 0 Å². The lowest BCUT2D eigenvalue weighted by Crippen LogP contribution is -1.83. The van der Waals surface area contributed by atoms with Crippen molar-refractivity contribution in [2.24, 2.45) is 0 Å². The Morgan fingerprint density at radius 1 is 1.29 bits per heavy atom. The van der Waals surface area contributed by atoms with Gasteiger partial charge in [0.1, 0.15) is 0 Å². The normalized spacial score (nSPS) is 14.3. The zero-order chi connectivity index (χ0) is 9.38. The first kappa shape index (κ1) is 8.50. The van der Waals surface area contributed by atoms with Gasteiger partial charge in [-0.3, -0.25) is 0 Å². The summed E-state index contributed by atoms with van der Waals surface area (Å²) in [5.41, 5.74) is 5.74. The van der Waals surface area contributed by atoms with E-state index in [9.17, 15) is 0 Å². The molecular formula is C11H9NS2. The average Bonchev–Trinajstić information content (AvgIpc) is 2.88. The molecule has 3 rings (SSSR count). The molecule has 1 aromatic heterocycles. The summed E-state index contributed by atoms with van der Waals surface area (Å²) in [6, 6.07) is 6.68. The number of nitrogens with zero attached hydrogens (tertiary/aromatic N) is 1. The molecule has 0 saturated carbocycles. The number of thioether (sulfide) groups is 1. The maximum atomic E-state index is 4.32. The second kappa shape index (κ2) is 3.41. The van der Waals surface area contributed by atoms with Crippen molar-refractivity contribution >= 4 is 23.1 Å². The van der Waals surface area contributed by atoms with Crippen LogP contribution in [0.4, 0.5) is 0 Å². The minimum absolute atomic E-state index is 1.11. The Kier molecular flexibility index (Phi) is 2.07. The summed E-state index contributed by atoms with van der Waals surface area (Å²) in [6.07, 6.45) is 1.21. The van der Waals surface area contributed by atoms with E-state index in [0.29, 0.717) is 0 Å². The van der Waals surface area contributed by atoms with Gasteiger partial charge >= 0.3 is 0 Å². The lowest BCUT2D eigenvalue weighted by Gasteiger charge is -2.00. The number of aryl methyl sites for hydroxylation is 1. The molecule has 0 N–H and O–H groups in total. The van der Waals surface area contributed by atoms with Crippen LogP contribution in [0.2, 0.25) is 0 Å². The van der Waals surface area contributed by atoms with E-state index >= 15 is 0 Å². The second-order valence-electron chi connectivity index (χ2n) is 3.29. The summed E-state index contributed by atoms with van der Waals surface area (Å²) in [5, 5.41) is 2.10. The zero-order valence-corrected chi connectivity index (χ0v) is 9.20. The third kappa shape index (κ3) is 1.37. The third-order valence-electron chi connectivity index (χ3n) is 2.42. The first-order valence-corrected chi connectivity index (χ1v) is 6.50. The fourth-order valence-corrected chi connectivity index (χ4v) is 3.31. The van der Waals surface area contributed by atoms with Gasteiger partial charge in [-0.15, -0.1) is 23.1 Å². The van der Waals surface area contributed by atoms with Gasteiger partial charge < -0.3 is 0 Å². The van der Waals surface area contributed by atoms with E-state index < -0.39 is 0 Å². The SMILES string of the molecule is c1nc(-c2ccc3c(c2)CCS3)cs1. The summed E-state index contributed by atoms with van der Waals surface area (Å²) >= 11 is 3.61. The molecule has 2 heterocycles. The van der Waals surface area contributed by atoms with Crippen molar-refractivity contribution < 1.29 is 0 Å². The van der Waals surface area contributed by atoms with Crippen LogP contribution < -0.4 is 0 Å². The molecule has 14 heavy (non-hydrogen) atoms. The molecule has 0 saturated heterocycles. The van der Waals surface area contributed by atoms with Crippen molar-refractivity contribution in [1.82, 2.24) is 4.98 Å². The summed E-state index contributed by atoms with van der Waals surface area (Å²) in [4.78, 5) is 5.77. The number of hydrogen-bond donors (Lipinski definition) is 0. The van der Waals surface area contributed by atoms with Crippen LogP contribution in [0, 0.1) is 0 Å². The quantitative estimate of drug-likeness (QED) is 0.728. The van der Waals surface area contributed by atoms with E-state index in [2.05, 4.69) is 28.6 Å². The second-order valence-corrected chi connectivity index (χ2v) is 5.15. The summed E-state index contributed by atoms with van der Waals surface area (Å²) in [7, 11) is 0. The molecule has 0 unspecified atom stereocenters. The highest BCUT2D eigenvalue weighted by molar-refractivity contribution is 7.99. The predicted octanol–water partition coefficient (Wildman–Crippen LogP) is 3.46. The maximum Gasteiger partial charge on any atom is 0.0811 e. The van der Waals surface area contributed by atoms with E-state index in [-0.39, 0.29) is 0 Å². The summed E-state index contributed by atoms with van der Waals surface area (Å²) in [6.45, 7) is 0. The lowest BCUT2D eigenvalue weighted by atomic mass is 10.1. The van der Waals surface area contributed by atoms with Gasteiger partial charge in [0.25, 0.3) is 0 Å². The number of benzene rings is 1. The molecule has 0 amide bonds. The molecule has 1 nitrogen and oxygen atoms in total. The van der Waals surface area contributed by atoms with E-state index in [1.54, 1.807) is 11.3 Å². The Morgan fingerprint density at radius 2 is 2.29 bits per heavy atom. The number of thiazole rings is 1. The van der Waals surface area contributed by atoms with Crippen LogP contribution in [-0.2, 0) is 6.42 Å². The Bertz CT molecular complexity index is 448. The van der Waals surface area contributed by atoms with E-state index in [4.69, 9.17) is 0 Å². The van der Waals surface area contributed by atoms with Gasteiger partial charge in [0.05, 0.1) is 11.2 Å². The van der Waals surface area contributed by atoms with E-state index in [0.717, 1.165) is 5.69 Å². The fraction of sp³-hybridized carbons (Fsp3) is 0.182. The average molecular weight is 219 g/mol. The van der Waals surface area contributed by atoms with Crippen LogP contribution in [0.25, 0.3) is 11.3 Å². The number of rotatable bonds is 1. The van der Waals surface area contributed by atoms with Crippen molar-refractivity contribution in [3.05, 3.63) is 34.7 Å². The predicted molar refractivity (Wildman–Crippen MR) is 62.0 cm³/mol. The minimum Gasteiger partial charge on any atom is -0.245 e. The molecule has 1 aliphatic rings. The molecule has 70 valence electrons. The number of fused-ring (bicyclic) bond motifs is 1. The summed E-state index contributed by atoms with van der Waals surface area (Å²) in [5.74, 6) is 1.23. The van der Waals surface area contributed by atoms with Gasteiger partial charge in [-0.2, -0.15) is 0 Å². The largest absolute Gasteiger partial charge is 0.245 e. The van der Waals surface area contributed by atoms with Gasteiger partial charge in [0.2, 0.25) is 0 Å². The van der Waals surface area contributed by atoms with Gasteiger partial charge in [-0.1, -0.05) is 6.07 Å². The van der Waals surface area contributed by atoms with Crippen LogP contribution in [0.3, 0.4) is 0 Å². The smallest absolute Gasteiger partial charge is 0.0811 e. The van der Waals surface area contributed by atoms with Gasteiger partial charge in [0.15, 0.2) is 0 Å².